The van der Waals surface area contributed by atoms with E-state index >= 15 is 8.78 Å². The molecule has 4 rings (SSSR count). The minimum atomic E-state index is -4.47. The highest BCUT2D eigenvalue weighted by atomic mass is 31.2. The lowest BCUT2D eigenvalue weighted by Crippen LogP contribution is -2.40. The van der Waals surface area contributed by atoms with Crippen molar-refractivity contribution in [2.45, 2.75) is 64.8 Å². The normalized spacial score (nSPS) is 24.0. The minimum absolute atomic E-state index is 0.161. The summed E-state index contributed by atoms with van der Waals surface area (Å²) in [4.78, 5) is 38.4. The fourth-order valence-electron chi connectivity index (χ4n) is 4.57. The molecule has 6 atom stereocenters. The number of ether oxygens (including phenoxy) is 2. The fourth-order valence-corrected chi connectivity index (χ4v) is 6.06. The SMILES string of the molecule is CC(C)OC(=O)C(C)NP(=O)(OCC1OC(n2ccc(=O)[nH]c2=O)C(C)(F)C1C)Oc1ccc(-c2ccccc2)c(F)c1. The summed E-state index contributed by atoms with van der Waals surface area (Å²) in [6.45, 7) is 6.92. The van der Waals surface area contributed by atoms with Gasteiger partial charge in [-0.15, -0.1) is 0 Å². The van der Waals surface area contributed by atoms with Gasteiger partial charge in [-0.25, -0.2) is 18.1 Å². The van der Waals surface area contributed by atoms with E-state index in [1.165, 1.54) is 32.9 Å². The highest BCUT2D eigenvalue weighted by molar-refractivity contribution is 7.52. The second kappa shape index (κ2) is 12.9. The molecular weight excluding hydrogens is 587 g/mol. The third-order valence-electron chi connectivity index (χ3n) is 7.06. The average molecular weight is 622 g/mol. The lowest BCUT2D eigenvalue weighted by atomic mass is 9.90. The molecule has 0 bridgehead atoms. The van der Waals surface area contributed by atoms with Crippen molar-refractivity contribution in [2.75, 3.05) is 6.61 Å². The maximum atomic E-state index is 15.9. The first-order valence-electron chi connectivity index (χ1n) is 13.6. The first kappa shape index (κ1) is 32.3. The van der Waals surface area contributed by atoms with E-state index in [9.17, 15) is 18.9 Å². The summed E-state index contributed by atoms with van der Waals surface area (Å²) >= 11 is 0. The van der Waals surface area contributed by atoms with Gasteiger partial charge in [-0.1, -0.05) is 37.3 Å². The van der Waals surface area contributed by atoms with E-state index in [4.69, 9.17) is 18.5 Å². The van der Waals surface area contributed by atoms with Crippen molar-refractivity contribution in [2.24, 2.45) is 5.92 Å². The highest BCUT2D eigenvalue weighted by Gasteiger charge is 2.54. The Morgan fingerprint density at radius 2 is 1.86 bits per heavy atom. The molecule has 0 amide bonds. The number of hydrogen-bond acceptors (Lipinski definition) is 8. The van der Waals surface area contributed by atoms with Crippen LogP contribution in [0.15, 0.2) is 70.4 Å². The van der Waals surface area contributed by atoms with Crippen LogP contribution in [-0.2, 0) is 23.4 Å². The van der Waals surface area contributed by atoms with E-state index in [2.05, 4.69) is 10.1 Å². The van der Waals surface area contributed by atoms with Crippen LogP contribution in [0.1, 0.15) is 40.8 Å². The van der Waals surface area contributed by atoms with Crippen LogP contribution in [0.5, 0.6) is 5.75 Å². The zero-order valence-corrected chi connectivity index (χ0v) is 25.2. The molecule has 3 aromatic rings. The van der Waals surface area contributed by atoms with Crippen molar-refractivity contribution in [3.63, 3.8) is 0 Å². The average Bonchev–Trinajstić information content (AvgIpc) is 3.15. The van der Waals surface area contributed by atoms with E-state index in [0.717, 1.165) is 22.9 Å². The van der Waals surface area contributed by atoms with Crippen LogP contribution in [0, 0.1) is 11.7 Å². The molecule has 2 aromatic carbocycles. The van der Waals surface area contributed by atoms with Crippen LogP contribution < -0.4 is 20.9 Å². The smallest absolute Gasteiger partial charge is 0.459 e. The molecule has 232 valence electrons. The Bertz CT molecular complexity index is 1610. The molecule has 1 aliphatic heterocycles. The summed E-state index contributed by atoms with van der Waals surface area (Å²) in [5, 5.41) is 2.50. The van der Waals surface area contributed by atoms with Gasteiger partial charge in [-0.05, 0) is 45.4 Å². The third-order valence-corrected chi connectivity index (χ3v) is 8.70. The second-order valence-corrected chi connectivity index (χ2v) is 12.4. The predicted molar refractivity (Wildman–Crippen MR) is 154 cm³/mol. The van der Waals surface area contributed by atoms with Gasteiger partial charge in [0.15, 0.2) is 11.9 Å². The van der Waals surface area contributed by atoms with E-state index in [1.54, 1.807) is 44.2 Å². The number of nitrogens with one attached hydrogen (secondary N) is 2. The molecule has 1 aliphatic rings. The van der Waals surface area contributed by atoms with Crippen LogP contribution in [-0.4, -0.2) is 46.0 Å². The number of hydrogen-bond donors (Lipinski definition) is 2. The number of aromatic amines is 1. The van der Waals surface area contributed by atoms with Crippen LogP contribution in [0.4, 0.5) is 8.78 Å². The molecule has 0 spiro atoms. The van der Waals surface area contributed by atoms with Crippen molar-refractivity contribution in [1.29, 1.82) is 0 Å². The van der Waals surface area contributed by atoms with Crippen molar-refractivity contribution in [3.05, 3.63) is 87.4 Å². The number of rotatable bonds is 11. The molecule has 0 saturated carbocycles. The summed E-state index contributed by atoms with van der Waals surface area (Å²) < 4.78 is 68.1. The number of benzene rings is 2. The van der Waals surface area contributed by atoms with Crippen molar-refractivity contribution in [1.82, 2.24) is 14.6 Å². The first-order chi connectivity index (χ1) is 20.2. The van der Waals surface area contributed by atoms with Crippen LogP contribution >= 0.6 is 7.75 Å². The summed E-state index contributed by atoms with van der Waals surface area (Å²) in [5.41, 5.74) is -2.74. The quantitative estimate of drug-likeness (QED) is 0.230. The number of alkyl halides is 1. The minimum Gasteiger partial charge on any atom is -0.462 e. The zero-order valence-electron chi connectivity index (χ0n) is 24.3. The molecule has 0 radical (unpaired) electrons. The van der Waals surface area contributed by atoms with Gasteiger partial charge in [0, 0.05) is 29.8 Å². The summed E-state index contributed by atoms with van der Waals surface area (Å²) in [5.74, 6) is -2.45. The fraction of sp³-hybridized carbons (Fsp3) is 0.414. The molecule has 6 unspecified atom stereocenters. The number of H-pyrrole nitrogens is 1. The van der Waals surface area contributed by atoms with Gasteiger partial charge in [-0.3, -0.25) is 23.7 Å². The monoisotopic (exact) mass is 621 g/mol. The lowest BCUT2D eigenvalue weighted by Gasteiger charge is -2.26. The Morgan fingerprint density at radius 3 is 2.49 bits per heavy atom. The largest absolute Gasteiger partial charge is 0.462 e. The Balaban J connectivity index is 1.57. The number of esters is 1. The van der Waals surface area contributed by atoms with Gasteiger partial charge in [0.25, 0.3) is 5.56 Å². The van der Waals surface area contributed by atoms with Crippen molar-refractivity contribution < 1.29 is 36.7 Å². The molecule has 11 nitrogen and oxygen atoms in total. The molecular formula is C29H34F2N3O8P. The molecule has 2 heterocycles. The zero-order chi connectivity index (χ0) is 31.5. The first-order valence-corrected chi connectivity index (χ1v) is 15.2. The van der Waals surface area contributed by atoms with E-state index < -0.39 is 73.5 Å². The summed E-state index contributed by atoms with van der Waals surface area (Å²) in [6.07, 6.45) is -1.83. The van der Waals surface area contributed by atoms with Crippen LogP contribution in [0.2, 0.25) is 0 Å². The maximum absolute atomic E-state index is 15.9. The predicted octanol–water partition coefficient (Wildman–Crippen LogP) is 4.74. The van der Waals surface area contributed by atoms with Crippen LogP contribution in [0.3, 0.4) is 0 Å². The van der Waals surface area contributed by atoms with Crippen molar-refractivity contribution in [3.8, 4) is 16.9 Å². The molecule has 2 N–H and O–H groups in total. The molecule has 43 heavy (non-hydrogen) atoms. The lowest BCUT2D eigenvalue weighted by molar-refractivity contribution is -0.149. The second-order valence-electron chi connectivity index (χ2n) is 10.7. The third kappa shape index (κ3) is 7.48. The van der Waals surface area contributed by atoms with Gasteiger partial charge >= 0.3 is 19.4 Å². The number of aromatic nitrogens is 2. The maximum Gasteiger partial charge on any atom is 0.459 e. The van der Waals surface area contributed by atoms with Gasteiger partial charge in [0.05, 0.1) is 18.8 Å². The van der Waals surface area contributed by atoms with Gasteiger partial charge in [-0.2, -0.15) is 5.09 Å². The number of nitrogens with zero attached hydrogens (tertiary/aromatic N) is 1. The van der Waals surface area contributed by atoms with Crippen molar-refractivity contribution >= 4 is 13.7 Å². The Kier molecular flexibility index (Phi) is 9.70. The topological polar surface area (TPSA) is 138 Å². The molecule has 1 aromatic heterocycles. The number of carbonyl (C=O) groups excluding carboxylic acids is 1. The summed E-state index contributed by atoms with van der Waals surface area (Å²) in [6, 6.07) is 12.5. The van der Waals surface area contributed by atoms with Gasteiger partial charge < -0.3 is 14.0 Å². The Labute approximate surface area is 246 Å². The van der Waals surface area contributed by atoms with Gasteiger partial charge in [0.2, 0.25) is 0 Å². The van der Waals surface area contributed by atoms with Gasteiger partial charge in [0.1, 0.15) is 17.6 Å². The summed E-state index contributed by atoms with van der Waals surface area (Å²) in [7, 11) is -4.47. The molecule has 1 saturated heterocycles. The number of halogens is 2. The molecule has 1 fully saturated rings. The highest BCUT2D eigenvalue weighted by Crippen LogP contribution is 2.49. The Hall–Kier alpha value is -3.64. The standard InChI is InChI=1S/C29H34F2N3O8P/c1-17(2)40-26(36)19(4)33-43(38,42-21-11-12-22(23(30)15-21)20-9-7-6-8-10-20)39-16-24-18(3)29(5,31)27(41-24)34-14-13-25(35)32-28(34)37/h6-15,17-19,24,27H,16H2,1-5H3,(H,33,38)(H,32,35,37). The molecule has 14 heteroatoms. The number of carbonyl (C=O) groups is 1. The van der Waals surface area contributed by atoms with E-state index in [-0.39, 0.29) is 11.3 Å². The Morgan fingerprint density at radius 1 is 1.16 bits per heavy atom. The van der Waals surface area contributed by atoms with E-state index in [0.29, 0.717) is 5.56 Å². The van der Waals surface area contributed by atoms with Crippen LogP contribution in [0.25, 0.3) is 11.1 Å². The van der Waals surface area contributed by atoms with E-state index in [1.807, 2.05) is 0 Å². The molecule has 0 aliphatic carbocycles.